The molecular weight excluding hydrogens is 515 g/mol. The van der Waals surface area contributed by atoms with Crippen molar-refractivity contribution < 1.29 is 4.74 Å². The van der Waals surface area contributed by atoms with Gasteiger partial charge in [0.05, 0.1) is 19.3 Å². The van der Waals surface area contributed by atoms with Crippen molar-refractivity contribution in [2.75, 3.05) is 33.3 Å². The van der Waals surface area contributed by atoms with Gasteiger partial charge in [-0.2, -0.15) is 5.10 Å². The molecule has 1 N–H and O–H groups in total. The third-order valence-corrected chi connectivity index (χ3v) is 6.47. The molecule has 0 bridgehead atoms. The Labute approximate surface area is 209 Å². The van der Waals surface area contributed by atoms with E-state index < -0.39 is 0 Å². The van der Waals surface area contributed by atoms with Crippen LogP contribution in [0.5, 0.6) is 0 Å². The van der Waals surface area contributed by atoms with E-state index in [4.69, 9.17) is 4.74 Å². The van der Waals surface area contributed by atoms with Crippen molar-refractivity contribution in [2.24, 2.45) is 12.0 Å². The lowest BCUT2D eigenvalue weighted by atomic mass is 10.0. The molecular formula is C24H37IN6O. The number of aliphatic imine (C=N–C) groups is 1. The van der Waals surface area contributed by atoms with Crippen LogP contribution in [0.25, 0.3) is 0 Å². The number of likely N-dealkylation sites (tertiary alicyclic amines) is 1. The van der Waals surface area contributed by atoms with Crippen molar-refractivity contribution in [1.82, 2.24) is 24.9 Å². The summed E-state index contributed by atoms with van der Waals surface area (Å²) in [6.07, 6.45) is 7.96. The number of morpholine rings is 1. The fraction of sp³-hybridized carbons (Fsp3) is 0.583. The molecule has 3 heterocycles. The first-order valence-corrected chi connectivity index (χ1v) is 11.5. The zero-order valence-corrected chi connectivity index (χ0v) is 21.9. The van der Waals surface area contributed by atoms with Crippen molar-refractivity contribution in [3.05, 3.63) is 53.3 Å². The molecule has 0 radical (unpaired) electrons. The second-order valence-electron chi connectivity index (χ2n) is 8.79. The largest absolute Gasteiger partial charge is 0.370 e. The number of hydrogen-bond donors (Lipinski definition) is 1. The molecule has 8 heteroatoms. The molecule has 7 nitrogen and oxygen atoms in total. The Balaban J connectivity index is 0.00000289. The van der Waals surface area contributed by atoms with Crippen LogP contribution in [-0.2, 0) is 24.9 Å². The van der Waals surface area contributed by atoms with Crippen LogP contribution in [0.1, 0.15) is 49.0 Å². The van der Waals surface area contributed by atoms with Crippen molar-refractivity contribution in [3.8, 4) is 0 Å². The van der Waals surface area contributed by atoms with Crippen molar-refractivity contribution in [3.63, 3.8) is 0 Å². The van der Waals surface area contributed by atoms with Crippen LogP contribution in [-0.4, -0.2) is 64.9 Å². The van der Waals surface area contributed by atoms with Crippen molar-refractivity contribution >= 4 is 29.9 Å². The van der Waals surface area contributed by atoms with E-state index in [0.717, 1.165) is 37.7 Å². The second kappa shape index (κ2) is 12.0. The minimum Gasteiger partial charge on any atom is -0.370 e. The highest BCUT2D eigenvalue weighted by Gasteiger charge is 2.25. The van der Waals surface area contributed by atoms with Gasteiger partial charge in [-0.3, -0.25) is 14.6 Å². The lowest BCUT2D eigenvalue weighted by Crippen LogP contribution is -2.47. The summed E-state index contributed by atoms with van der Waals surface area (Å²) in [6.45, 7) is 7.70. The number of halogens is 1. The number of nitrogens with zero attached hydrogens (tertiary/aromatic N) is 5. The number of guanidine groups is 1. The van der Waals surface area contributed by atoms with Gasteiger partial charge >= 0.3 is 0 Å². The summed E-state index contributed by atoms with van der Waals surface area (Å²) in [4.78, 5) is 9.39. The van der Waals surface area contributed by atoms with E-state index >= 15 is 0 Å². The fourth-order valence-electron chi connectivity index (χ4n) is 4.55. The standard InChI is InChI=1S/C24H36N6O.HI/c1-19-6-4-5-11-29(19)16-21-9-7-20(8-10-21)14-26-24(25-2)30-12-13-31-23(18-30)22-15-27-28(3)17-22;/h7-10,15,17,19,23H,4-6,11-14,16,18H2,1-3H3,(H,25,26);1H. The van der Waals surface area contributed by atoms with Gasteiger partial charge in [-0.25, -0.2) is 0 Å². The number of piperidine rings is 1. The average molecular weight is 553 g/mol. The normalized spacial score (nSPS) is 22.5. The second-order valence-corrected chi connectivity index (χ2v) is 8.79. The predicted octanol–water partition coefficient (Wildman–Crippen LogP) is 3.56. The molecule has 4 rings (SSSR count). The maximum Gasteiger partial charge on any atom is 0.194 e. The Morgan fingerprint density at radius 2 is 1.97 bits per heavy atom. The highest BCUT2D eigenvalue weighted by Crippen LogP contribution is 2.22. The number of aromatic nitrogens is 2. The van der Waals surface area contributed by atoms with E-state index in [1.54, 1.807) is 0 Å². The summed E-state index contributed by atoms with van der Waals surface area (Å²) < 4.78 is 7.79. The molecule has 0 saturated carbocycles. The zero-order chi connectivity index (χ0) is 21.6. The molecule has 2 unspecified atom stereocenters. The minimum atomic E-state index is 0. The van der Waals surface area contributed by atoms with Gasteiger partial charge in [0.15, 0.2) is 5.96 Å². The van der Waals surface area contributed by atoms with Crippen LogP contribution >= 0.6 is 24.0 Å². The number of rotatable bonds is 5. The smallest absolute Gasteiger partial charge is 0.194 e. The summed E-state index contributed by atoms with van der Waals surface area (Å²) in [5, 5.41) is 7.80. The molecule has 0 aliphatic carbocycles. The predicted molar refractivity (Wildman–Crippen MR) is 139 cm³/mol. The first-order chi connectivity index (χ1) is 15.1. The first kappa shape index (κ1) is 25.0. The Hall–Kier alpha value is -1.65. The molecule has 2 aliphatic heterocycles. The van der Waals surface area contributed by atoms with E-state index in [1.807, 2.05) is 31.2 Å². The number of nitrogens with one attached hydrogen (secondary N) is 1. The Morgan fingerprint density at radius 3 is 2.66 bits per heavy atom. The lowest BCUT2D eigenvalue weighted by molar-refractivity contribution is -0.00805. The molecule has 1 aromatic carbocycles. The maximum absolute atomic E-state index is 5.97. The van der Waals surface area contributed by atoms with E-state index in [1.165, 1.54) is 36.9 Å². The summed E-state index contributed by atoms with van der Waals surface area (Å²) in [5.74, 6) is 0.920. The van der Waals surface area contributed by atoms with E-state index in [9.17, 15) is 0 Å². The van der Waals surface area contributed by atoms with Crippen molar-refractivity contribution in [2.45, 2.75) is 51.4 Å². The van der Waals surface area contributed by atoms with Crippen LogP contribution in [0.15, 0.2) is 41.7 Å². The minimum absolute atomic E-state index is 0. The molecule has 176 valence electrons. The van der Waals surface area contributed by atoms with Crippen LogP contribution in [0.2, 0.25) is 0 Å². The molecule has 2 saturated heterocycles. The average Bonchev–Trinajstić information content (AvgIpc) is 3.23. The van der Waals surface area contributed by atoms with Gasteiger partial charge in [0.2, 0.25) is 0 Å². The van der Waals surface area contributed by atoms with E-state index in [-0.39, 0.29) is 30.1 Å². The van der Waals surface area contributed by atoms with Gasteiger partial charge in [-0.05, 0) is 37.4 Å². The highest BCUT2D eigenvalue weighted by molar-refractivity contribution is 14.0. The summed E-state index contributed by atoms with van der Waals surface area (Å²) in [5.41, 5.74) is 3.78. The van der Waals surface area contributed by atoms with Gasteiger partial charge in [-0.15, -0.1) is 24.0 Å². The molecule has 2 aromatic rings. The third-order valence-electron chi connectivity index (χ3n) is 6.47. The molecule has 2 fully saturated rings. The summed E-state index contributed by atoms with van der Waals surface area (Å²) >= 11 is 0. The van der Waals surface area contributed by atoms with E-state index in [2.05, 4.69) is 56.4 Å². The van der Waals surface area contributed by atoms with E-state index in [0.29, 0.717) is 12.6 Å². The van der Waals surface area contributed by atoms with Crippen LogP contribution in [0, 0.1) is 0 Å². The number of ether oxygens (including phenoxy) is 1. The van der Waals surface area contributed by atoms with Gasteiger partial charge in [0.1, 0.15) is 6.10 Å². The first-order valence-electron chi connectivity index (χ1n) is 11.5. The van der Waals surface area contributed by atoms with Crippen LogP contribution < -0.4 is 5.32 Å². The van der Waals surface area contributed by atoms with Crippen molar-refractivity contribution in [1.29, 1.82) is 0 Å². The van der Waals surface area contributed by atoms with Crippen LogP contribution in [0.3, 0.4) is 0 Å². The summed E-state index contributed by atoms with van der Waals surface area (Å²) in [7, 11) is 3.78. The fourth-order valence-corrected chi connectivity index (χ4v) is 4.55. The van der Waals surface area contributed by atoms with Gasteiger partial charge in [0, 0.05) is 51.5 Å². The monoisotopic (exact) mass is 552 g/mol. The third kappa shape index (κ3) is 6.45. The molecule has 2 aliphatic rings. The van der Waals surface area contributed by atoms with Gasteiger partial charge < -0.3 is 15.0 Å². The number of benzene rings is 1. The topological polar surface area (TPSA) is 57.9 Å². The number of aryl methyl sites for hydroxylation is 1. The molecule has 2 atom stereocenters. The number of hydrogen-bond acceptors (Lipinski definition) is 4. The Kier molecular flexibility index (Phi) is 9.36. The maximum atomic E-state index is 5.97. The summed E-state index contributed by atoms with van der Waals surface area (Å²) in [6, 6.07) is 9.72. The zero-order valence-electron chi connectivity index (χ0n) is 19.5. The van der Waals surface area contributed by atoms with Crippen LogP contribution in [0.4, 0.5) is 0 Å². The molecule has 0 spiro atoms. The van der Waals surface area contributed by atoms with Gasteiger partial charge in [0.25, 0.3) is 0 Å². The highest BCUT2D eigenvalue weighted by atomic mass is 127. The molecule has 0 amide bonds. The van der Waals surface area contributed by atoms with Gasteiger partial charge in [-0.1, -0.05) is 30.7 Å². The quantitative estimate of drug-likeness (QED) is 0.350. The lowest BCUT2D eigenvalue weighted by Gasteiger charge is -2.34. The SMILES string of the molecule is CN=C(NCc1ccc(CN2CCCCC2C)cc1)N1CCOC(c2cnn(C)c2)C1.I. The Morgan fingerprint density at radius 1 is 1.19 bits per heavy atom. The molecule has 32 heavy (non-hydrogen) atoms. The Bertz CT molecular complexity index is 868. The molecule has 1 aromatic heterocycles.